The van der Waals surface area contributed by atoms with Crippen molar-refractivity contribution in [1.82, 2.24) is 24.8 Å². The van der Waals surface area contributed by atoms with Gasteiger partial charge in [0.1, 0.15) is 11.4 Å². The molecule has 11 heteroatoms. The third-order valence-corrected chi connectivity index (χ3v) is 6.77. The van der Waals surface area contributed by atoms with Crippen LogP contribution in [0.5, 0.6) is 5.75 Å². The summed E-state index contributed by atoms with van der Waals surface area (Å²) in [5.74, 6) is 0.457. The van der Waals surface area contributed by atoms with E-state index >= 15 is 0 Å². The maximum absolute atomic E-state index is 12.9. The zero-order chi connectivity index (χ0) is 25.9. The number of aryl methyl sites for hydroxylation is 1. The molecule has 5 rings (SSSR count). The van der Waals surface area contributed by atoms with Gasteiger partial charge in [0.15, 0.2) is 5.69 Å². The lowest BCUT2D eigenvalue weighted by atomic mass is 9.98. The van der Waals surface area contributed by atoms with E-state index in [0.717, 1.165) is 42.8 Å². The van der Waals surface area contributed by atoms with E-state index in [1.807, 2.05) is 25.1 Å². The first kappa shape index (κ1) is 24.8. The van der Waals surface area contributed by atoms with Gasteiger partial charge in [-0.1, -0.05) is 17.7 Å². The van der Waals surface area contributed by atoms with Gasteiger partial charge >= 0.3 is 0 Å². The number of carbonyl (C=O) groups excluding carboxylic acids is 2. The molecule has 0 atom stereocenters. The fraction of sp³-hybridized carbons (Fsp3) is 0.308. The molecule has 4 N–H and O–H groups in total. The smallest absolute Gasteiger partial charge is 0.276 e. The summed E-state index contributed by atoms with van der Waals surface area (Å²) >= 11 is 6.04. The number of piperidine rings is 1. The van der Waals surface area contributed by atoms with Crippen LogP contribution >= 0.6 is 11.6 Å². The van der Waals surface area contributed by atoms with Gasteiger partial charge in [-0.15, -0.1) is 0 Å². The Morgan fingerprint density at radius 1 is 1.14 bits per heavy atom. The molecule has 3 heterocycles. The number of fused-ring (bicyclic) bond motifs is 1. The number of imidazole rings is 2. The molecule has 1 aliphatic rings. The van der Waals surface area contributed by atoms with Crippen molar-refractivity contribution >= 4 is 46.1 Å². The lowest BCUT2D eigenvalue weighted by Gasteiger charge is -2.28. The van der Waals surface area contributed by atoms with E-state index in [1.165, 1.54) is 6.33 Å². The van der Waals surface area contributed by atoms with Gasteiger partial charge in [-0.2, -0.15) is 0 Å². The fourth-order valence-corrected chi connectivity index (χ4v) is 4.47. The standard InChI is InChI=1S/C26H28ClN7O3/c1-15-3-4-17(27)11-20(15)30-24(35)22-23(29-14-28-22)25(36)33-26-31-19-6-5-18(12-21(19)32-26)37-13-16-7-9-34(2)10-8-16/h3-6,11-12,14,16H,7-10,13H2,1-2H3,(H,28,29)(H,30,35)(H2,31,32,33,36). The van der Waals surface area contributed by atoms with Crippen LogP contribution < -0.4 is 15.4 Å². The predicted octanol–water partition coefficient (Wildman–Crippen LogP) is 4.47. The SMILES string of the molecule is Cc1ccc(Cl)cc1NC(=O)c1nc[nH]c1C(=O)Nc1nc2ccc(OCC3CCN(C)CC3)cc2[nH]1. The zero-order valence-electron chi connectivity index (χ0n) is 20.6. The lowest BCUT2D eigenvalue weighted by molar-refractivity contribution is 0.0985. The molecule has 4 aromatic rings. The molecule has 2 amide bonds. The number of likely N-dealkylation sites (tertiary alicyclic amines) is 1. The summed E-state index contributed by atoms with van der Waals surface area (Å²) in [7, 11) is 2.14. The number of anilines is 2. The number of hydrogen-bond acceptors (Lipinski definition) is 6. The molecule has 0 unspecified atom stereocenters. The van der Waals surface area contributed by atoms with Crippen molar-refractivity contribution < 1.29 is 14.3 Å². The minimum atomic E-state index is -0.553. The van der Waals surface area contributed by atoms with Crippen LogP contribution in [-0.2, 0) is 0 Å². The Hall–Kier alpha value is -3.89. The van der Waals surface area contributed by atoms with Crippen LogP contribution in [0.4, 0.5) is 11.6 Å². The zero-order valence-corrected chi connectivity index (χ0v) is 21.4. The molecule has 10 nitrogen and oxygen atoms in total. The van der Waals surface area contributed by atoms with Crippen LogP contribution in [0.3, 0.4) is 0 Å². The first-order valence-corrected chi connectivity index (χ1v) is 12.5. The van der Waals surface area contributed by atoms with Crippen LogP contribution in [0.1, 0.15) is 39.4 Å². The Kier molecular flexibility index (Phi) is 7.11. The number of benzene rings is 2. The highest BCUT2D eigenvalue weighted by molar-refractivity contribution is 6.31. The number of nitrogens with one attached hydrogen (secondary N) is 4. The number of aromatic nitrogens is 4. The van der Waals surface area contributed by atoms with Crippen molar-refractivity contribution in [3.8, 4) is 5.75 Å². The number of hydrogen-bond donors (Lipinski definition) is 4. The molecule has 2 aromatic carbocycles. The maximum Gasteiger partial charge on any atom is 0.276 e. The van der Waals surface area contributed by atoms with Gasteiger partial charge < -0.3 is 24.9 Å². The molecule has 1 saturated heterocycles. The van der Waals surface area contributed by atoms with Crippen molar-refractivity contribution in [2.45, 2.75) is 19.8 Å². The Balaban J connectivity index is 1.24. The Morgan fingerprint density at radius 2 is 1.95 bits per heavy atom. The van der Waals surface area contributed by atoms with Crippen LogP contribution in [-0.4, -0.2) is 63.4 Å². The summed E-state index contributed by atoms with van der Waals surface area (Å²) in [6.45, 7) is 4.71. The third-order valence-electron chi connectivity index (χ3n) is 6.54. The summed E-state index contributed by atoms with van der Waals surface area (Å²) in [5.41, 5.74) is 2.75. The number of ether oxygens (including phenoxy) is 1. The van der Waals surface area contributed by atoms with Gasteiger partial charge in [-0.25, -0.2) is 9.97 Å². The van der Waals surface area contributed by atoms with Crippen molar-refractivity contribution in [2.75, 3.05) is 37.4 Å². The lowest BCUT2D eigenvalue weighted by Crippen LogP contribution is -2.32. The van der Waals surface area contributed by atoms with Gasteiger partial charge in [-0.05, 0) is 75.6 Å². The predicted molar refractivity (Wildman–Crippen MR) is 142 cm³/mol. The van der Waals surface area contributed by atoms with Gasteiger partial charge in [0.05, 0.1) is 24.0 Å². The van der Waals surface area contributed by atoms with Crippen LogP contribution in [0, 0.1) is 12.8 Å². The number of aromatic amines is 2. The number of amides is 2. The van der Waals surface area contributed by atoms with E-state index in [2.05, 4.69) is 42.5 Å². The van der Waals surface area contributed by atoms with Gasteiger partial charge in [0.2, 0.25) is 5.95 Å². The van der Waals surface area contributed by atoms with Crippen LogP contribution in [0.2, 0.25) is 5.02 Å². The summed E-state index contributed by atoms with van der Waals surface area (Å²) in [5, 5.41) is 5.94. The number of nitrogens with zero attached hydrogens (tertiary/aromatic N) is 3. The maximum atomic E-state index is 12.9. The molecule has 37 heavy (non-hydrogen) atoms. The molecule has 0 aliphatic carbocycles. The average Bonchev–Trinajstić information content (AvgIpc) is 3.52. The molecule has 0 radical (unpaired) electrons. The van der Waals surface area contributed by atoms with E-state index < -0.39 is 11.8 Å². The molecular weight excluding hydrogens is 494 g/mol. The van der Waals surface area contributed by atoms with E-state index in [4.69, 9.17) is 16.3 Å². The second-order valence-corrected chi connectivity index (χ2v) is 9.75. The second kappa shape index (κ2) is 10.6. The monoisotopic (exact) mass is 521 g/mol. The van der Waals surface area contributed by atoms with Crippen molar-refractivity contribution in [2.24, 2.45) is 5.92 Å². The number of rotatable bonds is 7. The summed E-state index contributed by atoms with van der Waals surface area (Å²) in [6, 6.07) is 10.8. The Bertz CT molecular complexity index is 1440. The Morgan fingerprint density at radius 3 is 2.76 bits per heavy atom. The first-order chi connectivity index (χ1) is 17.9. The van der Waals surface area contributed by atoms with Crippen LogP contribution in [0.15, 0.2) is 42.7 Å². The van der Waals surface area contributed by atoms with Gasteiger partial charge in [0.25, 0.3) is 11.8 Å². The number of H-pyrrole nitrogens is 2. The van der Waals surface area contributed by atoms with Gasteiger partial charge in [0, 0.05) is 16.8 Å². The molecule has 1 fully saturated rings. The van der Waals surface area contributed by atoms with E-state index in [1.54, 1.807) is 18.2 Å². The van der Waals surface area contributed by atoms with E-state index in [9.17, 15) is 9.59 Å². The minimum Gasteiger partial charge on any atom is -0.493 e. The highest BCUT2D eigenvalue weighted by atomic mass is 35.5. The summed E-state index contributed by atoms with van der Waals surface area (Å²) < 4.78 is 6.03. The quantitative estimate of drug-likeness (QED) is 0.284. The summed E-state index contributed by atoms with van der Waals surface area (Å²) in [4.78, 5) is 42.4. The molecule has 1 aliphatic heterocycles. The first-order valence-electron chi connectivity index (χ1n) is 12.1. The van der Waals surface area contributed by atoms with Crippen LogP contribution in [0.25, 0.3) is 11.0 Å². The molecule has 2 aromatic heterocycles. The van der Waals surface area contributed by atoms with Crippen molar-refractivity contribution in [1.29, 1.82) is 0 Å². The minimum absolute atomic E-state index is 0.0137. The normalized spacial score (nSPS) is 14.6. The molecular formula is C26H28ClN7O3. The molecule has 0 saturated carbocycles. The average molecular weight is 522 g/mol. The highest BCUT2D eigenvalue weighted by Gasteiger charge is 2.22. The van der Waals surface area contributed by atoms with Crippen molar-refractivity contribution in [3.05, 3.63) is 64.7 Å². The molecule has 192 valence electrons. The largest absolute Gasteiger partial charge is 0.493 e. The number of carbonyl (C=O) groups is 2. The fourth-order valence-electron chi connectivity index (χ4n) is 4.30. The molecule has 0 bridgehead atoms. The van der Waals surface area contributed by atoms with Gasteiger partial charge in [-0.3, -0.25) is 14.9 Å². The van der Waals surface area contributed by atoms with Crippen molar-refractivity contribution in [3.63, 3.8) is 0 Å². The summed E-state index contributed by atoms with van der Waals surface area (Å²) in [6.07, 6.45) is 3.55. The topological polar surface area (TPSA) is 128 Å². The van der Waals surface area contributed by atoms with E-state index in [-0.39, 0.29) is 17.3 Å². The van der Waals surface area contributed by atoms with E-state index in [0.29, 0.717) is 28.8 Å². The number of halogens is 1. The molecule has 0 spiro atoms. The second-order valence-electron chi connectivity index (χ2n) is 9.32. The third kappa shape index (κ3) is 5.76. The highest BCUT2D eigenvalue weighted by Crippen LogP contribution is 2.24. The Labute approximate surface area is 218 Å².